The molecule has 1 saturated carbocycles. The van der Waals surface area contributed by atoms with Crippen LogP contribution < -0.4 is 0 Å². The number of halogens is 1. The maximum atomic E-state index is 4.24. The molecule has 14 heavy (non-hydrogen) atoms. The summed E-state index contributed by atoms with van der Waals surface area (Å²) in [6, 6.07) is 0. The summed E-state index contributed by atoms with van der Waals surface area (Å²) in [4.78, 5) is 4.24. The Morgan fingerprint density at radius 1 is 1.50 bits per heavy atom. The molecule has 0 radical (unpaired) electrons. The van der Waals surface area contributed by atoms with Gasteiger partial charge in [-0.3, -0.25) is 0 Å². The van der Waals surface area contributed by atoms with Crippen molar-refractivity contribution in [3.05, 3.63) is 16.6 Å². The van der Waals surface area contributed by atoms with Crippen LogP contribution in [0.15, 0.2) is 10.9 Å². The molecule has 1 fully saturated rings. The molecular weight excluding hydrogens is 240 g/mol. The number of rotatable bonds is 3. The molecule has 0 unspecified atom stereocenters. The highest BCUT2D eigenvalue weighted by Crippen LogP contribution is 2.29. The Bertz CT molecular complexity index is 281. The Hall–Kier alpha value is -0.310. The summed E-state index contributed by atoms with van der Waals surface area (Å²) in [5.41, 5.74) is 1.34. The first-order valence-electron chi connectivity index (χ1n) is 5.43. The molecule has 0 aromatic carbocycles. The molecule has 0 saturated heterocycles. The lowest BCUT2D eigenvalue weighted by atomic mass is 10.0. The van der Waals surface area contributed by atoms with Crippen LogP contribution in [0, 0.1) is 5.92 Å². The van der Waals surface area contributed by atoms with Crippen LogP contribution in [0.2, 0.25) is 0 Å². The van der Waals surface area contributed by atoms with E-state index in [0.717, 1.165) is 10.5 Å². The van der Waals surface area contributed by atoms with Gasteiger partial charge in [0.05, 0.1) is 12.0 Å². The zero-order chi connectivity index (χ0) is 9.97. The molecule has 1 aliphatic carbocycles. The van der Waals surface area contributed by atoms with Gasteiger partial charge in [-0.2, -0.15) is 0 Å². The van der Waals surface area contributed by atoms with E-state index in [-0.39, 0.29) is 0 Å². The monoisotopic (exact) mass is 256 g/mol. The molecule has 0 N–H and O–H groups in total. The molecular formula is C11H17BrN2. The van der Waals surface area contributed by atoms with Crippen LogP contribution in [0.5, 0.6) is 0 Å². The van der Waals surface area contributed by atoms with Crippen LogP contribution in [0.1, 0.15) is 37.8 Å². The fraction of sp³-hybridized carbons (Fsp3) is 0.727. The average Bonchev–Trinajstić information content (AvgIpc) is 2.76. The molecule has 3 heteroatoms. The van der Waals surface area contributed by atoms with Gasteiger partial charge in [-0.15, -0.1) is 0 Å². The summed E-state index contributed by atoms with van der Waals surface area (Å²) < 4.78 is 3.15. The van der Waals surface area contributed by atoms with E-state index in [0.29, 0.717) is 0 Å². The maximum Gasteiger partial charge on any atom is 0.127 e. The first-order valence-corrected chi connectivity index (χ1v) is 6.22. The van der Waals surface area contributed by atoms with Crippen LogP contribution in [-0.4, -0.2) is 9.55 Å². The van der Waals surface area contributed by atoms with Gasteiger partial charge in [-0.05, 0) is 34.7 Å². The quantitative estimate of drug-likeness (QED) is 0.812. The Morgan fingerprint density at radius 2 is 2.21 bits per heavy atom. The minimum Gasteiger partial charge on any atom is -0.337 e. The third kappa shape index (κ3) is 2.19. The molecule has 0 bridgehead atoms. The Morgan fingerprint density at radius 3 is 2.79 bits per heavy atom. The number of hydrogen-bond acceptors (Lipinski definition) is 1. The van der Waals surface area contributed by atoms with Gasteiger partial charge in [0.2, 0.25) is 0 Å². The summed E-state index contributed by atoms with van der Waals surface area (Å²) in [6.07, 6.45) is 10.1. The van der Waals surface area contributed by atoms with E-state index in [1.54, 1.807) is 0 Å². The van der Waals surface area contributed by atoms with Crippen molar-refractivity contribution in [2.75, 3.05) is 0 Å². The molecule has 0 aliphatic heterocycles. The molecule has 1 aromatic rings. The Kier molecular flexibility index (Phi) is 3.26. The summed E-state index contributed by atoms with van der Waals surface area (Å²) in [5, 5.41) is 0. The van der Waals surface area contributed by atoms with Crippen molar-refractivity contribution in [3.8, 4) is 0 Å². The fourth-order valence-corrected chi connectivity index (χ4v) is 2.92. The normalized spacial score (nSPS) is 17.9. The third-order valence-corrected chi connectivity index (χ3v) is 3.93. The second-order valence-electron chi connectivity index (χ2n) is 4.28. The maximum absolute atomic E-state index is 4.24. The van der Waals surface area contributed by atoms with Crippen molar-refractivity contribution in [2.24, 2.45) is 13.0 Å². The second kappa shape index (κ2) is 4.47. The summed E-state index contributed by atoms with van der Waals surface area (Å²) in [7, 11) is 2.07. The van der Waals surface area contributed by atoms with Gasteiger partial charge in [0.25, 0.3) is 0 Å². The van der Waals surface area contributed by atoms with Gasteiger partial charge >= 0.3 is 0 Å². The van der Waals surface area contributed by atoms with Gasteiger partial charge in [-0.1, -0.05) is 25.7 Å². The Labute approximate surface area is 93.9 Å². The highest BCUT2D eigenvalue weighted by molar-refractivity contribution is 9.10. The smallest absolute Gasteiger partial charge is 0.127 e. The number of hydrogen-bond donors (Lipinski definition) is 0. The first kappa shape index (κ1) is 10.2. The van der Waals surface area contributed by atoms with Crippen molar-refractivity contribution in [1.29, 1.82) is 0 Å². The molecule has 0 amide bonds. The lowest BCUT2D eigenvalue weighted by Crippen LogP contribution is -2.01. The van der Waals surface area contributed by atoms with E-state index in [1.165, 1.54) is 44.2 Å². The van der Waals surface area contributed by atoms with Crippen LogP contribution in [0.25, 0.3) is 0 Å². The highest BCUT2D eigenvalue weighted by atomic mass is 79.9. The third-order valence-electron chi connectivity index (χ3n) is 3.27. The van der Waals surface area contributed by atoms with Crippen molar-refractivity contribution in [2.45, 2.75) is 38.5 Å². The summed E-state index contributed by atoms with van der Waals surface area (Å²) in [6.45, 7) is 0. The topological polar surface area (TPSA) is 17.8 Å². The lowest BCUT2D eigenvalue weighted by Gasteiger charge is -2.08. The van der Waals surface area contributed by atoms with E-state index in [1.807, 2.05) is 6.33 Å². The minimum atomic E-state index is 0.969. The number of nitrogens with zero attached hydrogens (tertiary/aromatic N) is 2. The number of aryl methyl sites for hydroxylation is 1. The summed E-state index contributed by atoms with van der Waals surface area (Å²) in [5.74, 6) is 0.969. The van der Waals surface area contributed by atoms with E-state index in [2.05, 4.69) is 32.5 Å². The molecule has 0 spiro atoms. The van der Waals surface area contributed by atoms with Gasteiger partial charge in [0.1, 0.15) is 4.60 Å². The zero-order valence-electron chi connectivity index (χ0n) is 8.67. The minimum absolute atomic E-state index is 0.969. The van der Waals surface area contributed by atoms with Gasteiger partial charge < -0.3 is 4.57 Å². The molecule has 1 heterocycles. The van der Waals surface area contributed by atoms with Crippen molar-refractivity contribution in [3.63, 3.8) is 0 Å². The van der Waals surface area contributed by atoms with Crippen LogP contribution in [0.3, 0.4) is 0 Å². The molecule has 2 nitrogen and oxygen atoms in total. The van der Waals surface area contributed by atoms with E-state index in [9.17, 15) is 0 Å². The summed E-state index contributed by atoms with van der Waals surface area (Å²) >= 11 is 3.49. The average molecular weight is 257 g/mol. The molecule has 1 aromatic heterocycles. The van der Waals surface area contributed by atoms with Gasteiger partial charge in [0.15, 0.2) is 0 Å². The van der Waals surface area contributed by atoms with Crippen molar-refractivity contribution < 1.29 is 0 Å². The van der Waals surface area contributed by atoms with E-state index < -0.39 is 0 Å². The van der Waals surface area contributed by atoms with Gasteiger partial charge in [-0.25, -0.2) is 4.98 Å². The van der Waals surface area contributed by atoms with Crippen molar-refractivity contribution in [1.82, 2.24) is 9.55 Å². The van der Waals surface area contributed by atoms with Crippen LogP contribution in [0.4, 0.5) is 0 Å². The predicted octanol–water partition coefficient (Wildman–Crippen LogP) is 3.31. The lowest BCUT2D eigenvalue weighted by molar-refractivity contribution is 0.496. The highest BCUT2D eigenvalue weighted by Gasteiger charge is 2.16. The van der Waals surface area contributed by atoms with Gasteiger partial charge in [0, 0.05) is 7.05 Å². The van der Waals surface area contributed by atoms with Crippen LogP contribution >= 0.6 is 15.9 Å². The van der Waals surface area contributed by atoms with Crippen molar-refractivity contribution >= 4 is 15.9 Å². The number of imidazole rings is 1. The van der Waals surface area contributed by atoms with E-state index in [4.69, 9.17) is 0 Å². The molecule has 2 rings (SSSR count). The molecule has 1 aliphatic rings. The second-order valence-corrected chi connectivity index (χ2v) is 5.03. The first-order chi connectivity index (χ1) is 6.77. The fourth-order valence-electron chi connectivity index (χ4n) is 2.35. The largest absolute Gasteiger partial charge is 0.337 e. The predicted molar refractivity (Wildman–Crippen MR) is 61.2 cm³/mol. The van der Waals surface area contributed by atoms with E-state index >= 15 is 0 Å². The standard InChI is InChI=1S/C11H17BrN2/c1-14-8-13-11(12)10(14)7-6-9-4-2-3-5-9/h8-9H,2-7H2,1H3. The molecule has 78 valence electrons. The van der Waals surface area contributed by atoms with Crippen LogP contribution in [-0.2, 0) is 13.5 Å². The Balaban J connectivity index is 1.90. The zero-order valence-corrected chi connectivity index (χ0v) is 10.3. The number of aromatic nitrogens is 2. The molecule has 0 atom stereocenters. The SMILES string of the molecule is Cn1cnc(Br)c1CCC1CCCC1.